The molecule has 5 atom stereocenters. The summed E-state index contributed by atoms with van der Waals surface area (Å²) in [5.41, 5.74) is 0. The maximum absolute atomic E-state index is 10.8. The van der Waals surface area contributed by atoms with E-state index in [-0.39, 0.29) is 0 Å². The smallest absolute Gasteiger partial charge is 0.387 e. The predicted octanol–water partition coefficient (Wildman–Crippen LogP) is -4.12. The topological polar surface area (TPSA) is 297 Å². The minimum absolute atomic E-state index is 2.23. The van der Waals surface area contributed by atoms with Gasteiger partial charge in [0.1, 0.15) is 12.2 Å². The first kappa shape index (κ1) is 25.8. The monoisotopic (exact) mass is 486 g/mol. The molecule has 160 valence electrons. The summed E-state index contributed by atoms with van der Waals surface area (Å²) in [6.07, 6.45) is -14.3. The Kier molecular flexibility index (Phi) is 8.85. The third-order valence-corrected chi connectivity index (χ3v) is 5.00. The fourth-order valence-electron chi connectivity index (χ4n) is 2.23. The third-order valence-electron chi connectivity index (χ3n) is 3.00. The molecule has 0 amide bonds. The lowest BCUT2D eigenvalue weighted by Gasteiger charge is -2.40. The molecule has 0 aromatic rings. The van der Waals surface area contributed by atoms with Crippen molar-refractivity contribution in [3.63, 3.8) is 0 Å². The molecule has 1 saturated carbocycles. The molecule has 5 unspecified atom stereocenters. The van der Waals surface area contributed by atoms with Gasteiger partial charge in [0.25, 0.3) is 0 Å². The van der Waals surface area contributed by atoms with E-state index < -0.39 is 69.4 Å². The lowest BCUT2D eigenvalue weighted by molar-refractivity contribution is -0.210. The van der Waals surface area contributed by atoms with Crippen LogP contribution in [-0.4, -0.2) is 95.8 Å². The molecule has 1 fully saturated rings. The molecule has 12 N–H and O–H groups in total. The van der Waals surface area contributed by atoms with E-state index in [4.69, 9.17) is 48.9 Å². The SMILES string of the molecule is O=[P+](O)OC1C(O)C(O[P+](O)(O)O)C(O[P+](O)(O)O)C(O[P+](O)(O)O)C1O. The van der Waals surface area contributed by atoms with Gasteiger partial charge in [-0.1, -0.05) is 0 Å². The molecular weight excluding hydrogens is 468 g/mol. The van der Waals surface area contributed by atoms with Crippen LogP contribution in [0.1, 0.15) is 0 Å². The van der Waals surface area contributed by atoms with Crippen molar-refractivity contribution >= 4 is 32.8 Å². The number of hydrogen-bond acceptors (Lipinski definition) is 16. The lowest BCUT2D eigenvalue weighted by Crippen LogP contribution is -2.65. The number of aliphatic hydroxyl groups is 2. The van der Waals surface area contributed by atoms with Crippen LogP contribution in [0.5, 0.6) is 0 Å². The second-order valence-electron chi connectivity index (χ2n) is 5.04. The van der Waals surface area contributed by atoms with Crippen LogP contribution in [-0.2, 0) is 22.7 Å². The summed E-state index contributed by atoms with van der Waals surface area (Å²) >= 11 is 0. The summed E-state index contributed by atoms with van der Waals surface area (Å²) < 4.78 is 27.9. The number of rotatable bonds is 8. The van der Waals surface area contributed by atoms with Gasteiger partial charge in [0.2, 0.25) is 0 Å². The van der Waals surface area contributed by atoms with E-state index in [1.807, 2.05) is 0 Å². The maximum atomic E-state index is 10.8. The highest BCUT2D eigenvalue weighted by molar-refractivity contribution is 7.54. The molecule has 0 saturated heterocycles. The van der Waals surface area contributed by atoms with E-state index in [0.717, 1.165) is 0 Å². The molecule has 1 aliphatic carbocycles. The summed E-state index contributed by atoms with van der Waals surface area (Å²) in [6.45, 7) is 0. The first-order valence-corrected chi connectivity index (χ1v) is 12.2. The van der Waals surface area contributed by atoms with Gasteiger partial charge in [-0.15, -0.1) is 23.0 Å². The van der Waals surface area contributed by atoms with Crippen LogP contribution in [0.3, 0.4) is 0 Å². The average molecular weight is 486 g/mol. The van der Waals surface area contributed by atoms with Crippen LogP contribution in [0.25, 0.3) is 0 Å². The zero-order valence-corrected chi connectivity index (χ0v) is 16.2. The Bertz CT molecular complexity index is 481. The van der Waals surface area contributed by atoms with Crippen LogP contribution in [0.4, 0.5) is 0 Å². The predicted molar refractivity (Wildman–Crippen MR) is 82.1 cm³/mol. The molecule has 0 radical (unpaired) electrons. The van der Waals surface area contributed by atoms with Gasteiger partial charge in [0.05, 0.1) is 0 Å². The number of aliphatic hydroxyl groups excluding tert-OH is 2. The molecule has 0 aromatic carbocycles. The van der Waals surface area contributed by atoms with E-state index in [1.165, 1.54) is 0 Å². The molecule has 1 rings (SSSR count). The van der Waals surface area contributed by atoms with Gasteiger partial charge in [0, 0.05) is 4.57 Å². The molecule has 0 bridgehead atoms. The van der Waals surface area contributed by atoms with Gasteiger partial charge in [-0.05, 0) is 0 Å². The standard InChI is InChI=1S/C6H17O17P4/c7-1-3(20-24(9)10)2(8)5(22-26(14,15)16)6(23-27(17,18)19)4(1)21-25(11,12)13/h1-8,11-19H/q+3/p+1. The van der Waals surface area contributed by atoms with Crippen molar-refractivity contribution in [1.29, 1.82) is 0 Å². The Labute approximate surface area is 152 Å². The van der Waals surface area contributed by atoms with Crippen molar-refractivity contribution in [2.75, 3.05) is 0 Å². The fourth-order valence-corrected chi connectivity index (χ4v) is 4.40. The summed E-state index contributed by atoms with van der Waals surface area (Å²) in [6, 6.07) is 0. The van der Waals surface area contributed by atoms with Gasteiger partial charge >= 0.3 is 32.8 Å². The molecule has 27 heavy (non-hydrogen) atoms. The zero-order valence-electron chi connectivity index (χ0n) is 12.7. The second-order valence-corrected chi connectivity index (χ2v) is 9.44. The fraction of sp³-hybridized carbons (Fsp3) is 1.00. The van der Waals surface area contributed by atoms with Crippen molar-refractivity contribution in [3.8, 4) is 0 Å². The Morgan fingerprint density at radius 2 is 0.889 bits per heavy atom. The molecule has 17 nitrogen and oxygen atoms in total. The molecule has 21 heteroatoms. The Balaban J connectivity index is 3.39. The van der Waals surface area contributed by atoms with Gasteiger partial charge in [0.15, 0.2) is 24.4 Å². The van der Waals surface area contributed by atoms with Crippen LogP contribution >= 0.6 is 32.8 Å². The average Bonchev–Trinajstić information content (AvgIpc) is 2.40. The van der Waals surface area contributed by atoms with E-state index in [9.17, 15) is 14.8 Å². The maximum Gasteiger partial charge on any atom is 0.695 e. The van der Waals surface area contributed by atoms with Crippen LogP contribution in [0, 0.1) is 0 Å². The van der Waals surface area contributed by atoms with E-state index >= 15 is 0 Å². The Morgan fingerprint density at radius 3 is 1.15 bits per heavy atom. The molecular formula is C6H18O17P4+4. The van der Waals surface area contributed by atoms with Gasteiger partial charge in [-0.3, -0.25) is 0 Å². The summed E-state index contributed by atoms with van der Waals surface area (Å²) in [5.74, 6) is 0. The van der Waals surface area contributed by atoms with Gasteiger partial charge < -0.3 is 10.2 Å². The second kappa shape index (κ2) is 9.27. The largest absolute Gasteiger partial charge is 0.695 e. The molecule has 1 aliphatic rings. The highest BCUT2D eigenvalue weighted by Crippen LogP contribution is 2.57. The molecule has 0 aromatic heterocycles. The molecule has 0 aliphatic heterocycles. The van der Waals surface area contributed by atoms with E-state index in [2.05, 4.69) is 18.1 Å². The first-order valence-electron chi connectivity index (χ1n) is 6.37. The minimum Gasteiger partial charge on any atom is -0.387 e. The van der Waals surface area contributed by atoms with Crippen molar-refractivity contribution in [3.05, 3.63) is 0 Å². The van der Waals surface area contributed by atoms with Crippen molar-refractivity contribution in [2.45, 2.75) is 36.6 Å². The summed E-state index contributed by atoms with van der Waals surface area (Å²) in [7, 11) is -19.4. The summed E-state index contributed by atoms with van der Waals surface area (Å²) in [4.78, 5) is 90.0. The van der Waals surface area contributed by atoms with Crippen molar-refractivity contribution in [1.82, 2.24) is 0 Å². The van der Waals surface area contributed by atoms with Gasteiger partial charge in [-0.2, -0.15) is 44.0 Å². The van der Waals surface area contributed by atoms with Crippen LogP contribution in [0.2, 0.25) is 0 Å². The van der Waals surface area contributed by atoms with E-state index in [1.54, 1.807) is 0 Å². The quantitative estimate of drug-likeness (QED) is 0.145. The molecule has 0 heterocycles. The number of hydrogen-bond donors (Lipinski definition) is 12. The first-order chi connectivity index (χ1) is 11.9. The van der Waals surface area contributed by atoms with Crippen molar-refractivity contribution < 1.29 is 81.8 Å². The Hall–Kier alpha value is 0.750. The van der Waals surface area contributed by atoms with Crippen LogP contribution in [0.15, 0.2) is 0 Å². The molecule has 0 spiro atoms. The highest BCUT2D eigenvalue weighted by atomic mass is 31.2. The normalized spacial score (nSPS) is 33.9. The third kappa shape index (κ3) is 8.56. The van der Waals surface area contributed by atoms with Gasteiger partial charge in [-0.25, -0.2) is 0 Å². The van der Waals surface area contributed by atoms with Crippen LogP contribution < -0.4 is 0 Å². The Morgan fingerprint density at radius 1 is 0.593 bits per heavy atom. The minimum atomic E-state index is -5.29. The highest BCUT2D eigenvalue weighted by Gasteiger charge is 2.65. The van der Waals surface area contributed by atoms with Crippen molar-refractivity contribution in [2.24, 2.45) is 0 Å². The lowest BCUT2D eigenvalue weighted by atomic mass is 9.85. The summed E-state index contributed by atoms with van der Waals surface area (Å²) in [5, 5.41) is 20.2. The zero-order chi connectivity index (χ0) is 21.4. The van der Waals surface area contributed by atoms with E-state index in [0.29, 0.717) is 0 Å².